The lowest BCUT2D eigenvalue weighted by molar-refractivity contribution is -0.136. The van der Waals surface area contributed by atoms with Crippen LogP contribution in [0, 0.1) is 11.7 Å². The fourth-order valence-electron chi connectivity index (χ4n) is 4.97. The summed E-state index contributed by atoms with van der Waals surface area (Å²) < 4.78 is 55.6. The highest BCUT2D eigenvalue weighted by atomic mass is 19.4. The highest BCUT2D eigenvalue weighted by Crippen LogP contribution is 2.40. The molecule has 1 saturated carbocycles. The van der Waals surface area contributed by atoms with Gasteiger partial charge in [0.25, 0.3) is 5.91 Å². The Labute approximate surface area is 186 Å². The molecule has 1 saturated heterocycles. The summed E-state index contributed by atoms with van der Waals surface area (Å²) in [7, 11) is 0. The minimum absolute atomic E-state index is 0.0172. The lowest BCUT2D eigenvalue weighted by Gasteiger charge is -2.47. The van der Waals surface area contributed by atoms with E-state index in [0.29, 0.717) is 31.5 Å². The largest absolute Gasteiger partial charge is 0.420 e. The number of likely N-dealkylation sites (tertiary alicyclic amines) is 1. The Morgan fingerprint density at radius 2 is 1.91 bits per heavy atom. The number of carbonyl (C=O) groups is 1. The zero-order valence-electron chi connectivity index (χ0n) is 17.6. The third-order valence-corrected chi connectivity index (χ3v) is 6.80. The first kappa shape index (κ1) is 21.8. The molecule has 2 atom stereocenters. The van der Waals surface area contributed by atoms with Crippen molar-refractivity contribution < 1.29 is 27.5 Å². The van der Waals surface area contributed by atoms with Crippen LogP contribution in [-0.4, -0.2) is 49.2 Å². The number of imidazole rings is 1. The number of nitrogens with zero attached hydrogens (tertiary/aromatic N) is 4. The minimum Gasteiger partial charge on any atom is -0.389 e. The van der Waals surface area contributed by atoms with Crippen molar-refractivity contribution in [2.45, 2.75) is 43.9 Å². The van der Waals surface area contributed by atoms with Crippen LogP contribution in [0.4, 0.5) is 17.6 Å². The third kappa shape index (κ3) is 3.96. The van der Waals surface area contributed by atoms with Crippen molar-refractivity contribution in [3.05, 3.63) is 53.6 Å². The first-order valence-corrected chi connectivity index (χ1v) is 10.9. The van der Waals surface area contributed by atoms with Crippen molar-refractivity contribution in [1.82, 2.24) is 19.5 Å². The second kappa shape index (κ2) is 7.79. The smallest absolute Gasteiger partial charge is 0.389 e. The van der Waals surface area contributed by atoms with Gasteiger partial charge in [-0.1, -0.05) is 12.8 Å². The molecule has 33 heavy (non-hydrogen) atoms. The van der Waals surface area contributed by atoms with Crippen molar-refractivity contribution in [2.24, 2.45) is 5.92 Å². The number of carbonyl (C=O) groups excluding carboxylic acids is 1. The predicted octanol–water partition coefficient (Wildman–Crippen LogP) is 4.32. The molecule has 10 heteroatoms. The summed E-state index contributed by atoms with van der Waals surface area (Å²) >= 11 is 0. The van der Waals surface area contributed by atoms with Gasteiger partial charge in [-0.15, -0.1) is 0 Å². The summed E-state index contributed by atoms with van der Waals surface area (Å²) in [6.45, 7) is 0.670. The quantitative estimate of drug-likeness (QED) is 0.576. The molecule has 0 unspecified atom stereocenters. The molecule has 0 bridgehead atoms. The van der Waals surface area contributed by atoms with Crippen molar-refractivity contribution in [2.75, 3.05) is 13.1 Å². The molecule has 1 aliphatic heterocycles. The Morgan fingerprint density at radius 3 is 2.64 bits per heavy atom. The number of rotatable bonds is 2. The average molecular weight is 462 g/mol. The van der Waals surface area contributed by atoms with E-state index in [1.54, 1.807) is 4.90 Å². The summed E-state index contributed by atoms with van der Waals surface area (Å²) in [6, 6.07) is 5.81. The number of aromatic nitrogens is 3. The monoisotopic (exact) mass is 462 g/mol. The van der Waals surface area contributed by atoms with Gasteiger partial charge >= 0.3 is 6.18 Å². The van der Waals surface area contributed by atoms with Gasteiger partial charge in [-0.2, -0.15) is 18.3 Å². The Bertz CT molecular complexity index is 1210. The van der Waals surface area contributed by atoms with Crippen molar-refractivity contribution in [1.29, 1.82) is 0 Å². The van der Waals surface area contributed by atoms with E-state index in [0.717, 1.165) is 42.0 Å². The highest BCUT2D eigenvalue weighted by molar-refractivity contribution is 5.93. The second-order valence-electron chi connectivity index (χ2n) is 8.89. The number of piperidine rings is 1. The van der Waals surface area contributed by atoms with Gasteiger partial charge in [-0.05, 0) is 49.6 Å². The number of hydrogen-bond acceptors (Lipinski definition) is 4. The van der Waals surface area contributed by atoms with E-state index in [1.165, 1.54) is 18.3 Å². The van der Waals surface area contributed by atoms with E-state index < -0.39 is 34.7 Å². The first-order valence-electron chi connectivity index (χ1n) is 10.9. The van der Waals surface area contributed by atoms with Gasteiger partial charge in [0.15, 0.2) is 5.65 Å². The van der Waals surface area contributed by atoms with Crippen LogP contribution in [0.25, 0.3) is 16.9 Å². The Hall–Kier alpha value is -3.01. The van der Waals surface area contributed by atoms with E-state index >= 15 is 0 Å². The number of alkyl halides is 3. The Morgan fingerprint density at radius 1 is 1.15 bits per heavy atom. The molecule has 0 radical (unpaired) electrons. The summed E-state index contributed by atoms with van der Waals surface area (Å²) in [5.41, 5.74) is -2.12. The molecule has 1 aliphatic carbocycles. The van der Waals surface area contributed by atoms with Crippen LogP contribution < -0.4 is 0 Å². The summed E-state index contributed by atoms with van der Waals surface area (Å²) in [5.74, 6) is -1.04. The molecule has 2 aromatic heterocycles. The predicted molar refractivity (Wildman–Crippen MR) is 111 cm³/mol. The summed E-state index contributed by atoms with van der Waals surface area (Å²) in [5, 5.41) is 15.0. The SMILES string of the molecule is O=C(c1cn2nc(-c3ccc(F)cc3)cc(C(F)(F)F)c2n1)N1CC[C@@]2(O)CCCC[C@H]2C1. The molecule has 3 aromatic rings. The van der Waals surface area contributed by atoms with E-state index in [4.69, 9.17) is 0 Å². The lowest BCUT2D eigenvalue weighted by Crippen LogP contribution is -2.54. The van der Waals surface area contributed by atoms with Crippen molar-refractivity contribution in [3.63, 3.8) is 0 Å². The van der Waals surface area contributed by atoms with E-state index in [-0.39, 0.29) is 17.3 Å². The Kier molecular flexibility index (Phi) is 5.15. The van der Waals surface area contributed by atoms with Crippen LogP contribution >= 0.6 is 0 Å². The molecule has 5 rings (SSSR count). The Balaban J connectivity index is 1.51. The number of amides is 1. The number of fused-ring (bicyclic) bond motifs is 2. The fraction of sp³-hybridized carbons (Fsp3) is 0.435. The molecule has 3 heterocycles. The molecule has 6 nitrogen and oxygen atoms in total. The molecule has 2 fully saturated rings. The maximum atomic E-state index is 13.8. The van der Waals surface area contributed by atoms with E-state index in [1.807, 2.05) is 0 Å². The number of benzene rings is 1. The zero-order valence-corrected chi connectivity index (χ0v) is 17.6. The number of halogens is 4. The van der Waals surface area contributed by atoms with Crippen LogP contribution in [0.1, 0.15) is 48.2 Å². The summed E-state index contributed by atoms with van der Waals surface area (Å²) in [4.78, 5) is 18.7. The lowest BCUT2D eigenvalue weighted by atomic mass is 9.71. The van der Waals surface area contributed by atoms with Crippen LogP contribution in [0.3, 0.4) is 0 Å². The maximum absolute atomic E-state index is 13.8. The molecular formula is C23H22F4N4O2. The normalized spacial score (nSPS) is 23.5. The highest BCUT2D eigenvalue weighted by Gasteiger charge is 2.44. The maximum Gasteiger partial charge on any atom is 0.420 e. The number of hydrogen-bond donors (Lipinski definition) is 1. The molecule has 174 valence electrons. The zero-order chi connectivity index (χ0) is 23.4. The standard InChI is InChI=1S/C23H22F4N4O2/c24-16-6-4-14(5-7-16)18-11-17(23(25,26)27)20-28-19(13-31(20)29-18)21(32)30-10-9-22(33)8-2-1-3-15(22)12-30/h4-7,11,13,15,33H,1-3,8-10,12H2/t15-,22-/m0/s1. The summed E-state index contributed by atoms with van der Waals surface area (Å²) in [6.07, 6.45) is 0.364. The van der Waals surface area contributed by atoms with Gasteiger partial charge in [0, 0.05) is 24.6 Å². The van der Waals surface area contributed by atoms with Gasteiger partial charge in [-0.25, -0.2) is 13.9 Å². The van der Waals surface area contributed by atoms with E-state index in [9.17, 15) is 27.5 Å². The average Bonchev–Trinajstić information content (AvgIpc) is 3.21. The van der Waals surface area contributed by atoms with Crippen LogP contribution in [0.2, 0.25) is 0 Å². The van der Waals surface area contributed by atoms with Crippen molar-refractivity contribution in [3.8, 4) is 11.3 Å². The molecule has 1 aromatic carbocycles. The third-order valence-electron chi connectivity index (χ3n) is 6.80. The molecule has 1 amide bonds. The topological polar surface area (TPSA) is 70.7 Å². The van der Waals surface area contributed by atoms with Gasteiger partial charge in [0.1, 0.15) is 17.1 Å². The number of aliphatic hydroxyl groups is 1. The molecule has 2 aliphatic rings. The van der Waals surface area contributed by atoms with Crippen LogP contribution in [0.5, 0.6) is 0 Å². The minimum atomic E-state index is -4.73. The molecule has 0 spiro atoms. The molecular weight excluding hydrogens is 440 g/mol. The van der Waals surface area contributed by atoms with E-state index in [2.05, 4.69) is 10.1 Å². The fourth-order valence-corrected chi connectivity index (χ4v) is 4.97. The second-order valence-corrected chi connectivity index (χ2v) is 8.89. The van der Waals surface area contributed by atoms with Gasteiger partial charge in [-0.3, -0.25) is 4.79 Å². The van der Waals surface area contributed by atoms with Gasteiger partial charge in [0.2, 0.25) is 0 Å². The molecule has 1 N–H and O–H groups in total. The van der Waals surface area contributed by atoms with Crippen LogP contribution in [-0.2, 0) is 6.18 Å². The van der Waals surface area contributed by atoms with Crippen LogP contribution in [0.15, 0.2) is 36.5 Å². The first-order chi connectivity index (χ1) is 15.6. The van der Waals surface area contributed by atoms with Crippen molar-refractivity contribution >= 4 is 11.6 Å². The van der Waals surface area contributed by atoms with Gasteiger partial charge in [0.05, 0.1) is 17.5 Å². The van der Waals surface area contributed by atoms with Gasteiger partial charge < -0.3 is 10.0 Å².